The lowest BCUT2D eigenvalue weighted by Crippen LogP contribution is -2.12. The van der Waals surface area contributed by atoms with Crippen LogP contribution < -0.4 is 10.5 Å². The Morgan fingerprint density at radius 2 is 2.20 bits per heavy atom. The monoisotopic (exact) mass is 275 g/mol. The summed E-state index contributed by atoms with van der Waals surface area (Å²) in [6.45, 7) is 4.90. The molecular formula is C9H14BrN3O2. The van der Waals surface area contributed by atoms with Crippen molar-refractivity contribution in [1.29, 1.82) is 0 Å². The lowest BCUT2D eigenvalue weighted by molar-refractivity contribution is 0.0541. The van der Waals surface area contributed by atoms with Gasteiger partial charge in [-0.15, -0.1) is 0 Å². The molecule has 0 saturated carbocycles. The summed E-state index contributed by atoms with van der Waals surface area (Å²) in [4.78, 5) is 7.74. The fourth-order valence-electron chi connectivity index (χ4n) is 0.888. The molecule has 6 heteroatoms. The molecule has 1 aromatic heterocycles. The number of hydrogen-bond donors (Lipinski definition) is 1. The van der Waals surface area contributed by atoms with E-state index in [1.807, 2.05) is 13.8 Å². The van der Waals surface area contributed by atoms with Gasteiger partial charge in [-0.2, -0.15) is 4.98 Å². The predicted octanol–water partition coefficient (Wildman–Crippen LogP) is 1.63. The molecule has 0 atom stereocenters. The minimum atomic E-state index is 0.193. The fourth-order valence-corrected chi connectivity index (χ4v) is 1.19. The third kappa shape index (κ3) is 4.44. The van der Waals surface area contributed by atoms with Crippen molar-refractivity contribution in [2.75, 3.05) is 18.9 Å². The highest BCUT2D eigenvalue weighted by Crippen LogP contribution is 2.21. The zero-order valence-corrected chi connectivity index (χ0v) is 10.3. The Kier molecular flexibility index (Phi) is 4.77. The summed E-state index contributed by atoms with van der Waals surface area (Å²) in [6, 6.07) is 0. The average molecular weight is 276 g/mol. The molecule has 1 rings (SSSR count). The Balaban J connectivity index is 2.40. The van der Waals surface area contributed by atoms with Crippen molar-refractivity contribution in [1.82, 2.24) is 9.97 Å². The molecule has 5 nitrogen and oxygen atoms in total. The molecule has 1 heterocycles. The number of rotatable bonds is 5. The van der Waals surface area contributed by atoms with Gasteiger partial charge in [0, 0.05) is 0 Å². The first-order chi connectivity index (χ1) is 7.09. The largest absolute Gasteiger partial charge is 0.474 e. The standard InChI is InChI=1S/C9H14BrN3O2/c1-6(2)14-3-4-15-8-7(10)5-12-9(11)13-8/h5-6H,3-4H2,1-2H3,(H2,11,12,13). The van der Waals surface area contributed by atoms with E-state index in [1.54, 1.807) is 6.20 Å². The molecule has 0 saturated heterocycles. The van der Waals surface area contributed by atoms with Gasteiger partial charge in [-0.1, -0.05) is 0 Å². The maximum atomic E-state index is 5.43. The maximum absolute atomic E-state index is 5.43. The minimum absolute atomic E-state index is 0.193. The van der Waals surface area contributed by atoms with Gasteiger partial charge in [0.05, 0.1) is 23.4 Å². The van der Waals surface area contributed by atoms with Gasteiger partial charge in [0.1, 0.15) is 6.61 Å². The molecule has 0 aliphatic rings. The Bertz CT molecular complexity index is 320. The Labute approximate surface area is 97.1 Å². The van der Waals surface area contributed by atoms with E-state index in [4.69, 9.17) is 15.2 Å². The van der Waals surface area contributed by atoms with Crippen LogP contribution in [-0.4, -0.2) is 29.3 Å². The van der Waals surface area contributed by atoms with Crippen LogP contribution in [0.15, 0.2) is 10.7 Å². The van der Waals surface area contributed by atoms with Crippen molar-refractivity contribution in [3.63, 3.8) is 0 Å². The first-order valence-electron chi connectivity index (χ1n) is 4.62. The second-order valence-electron chi connectivity index (χ2n) is 3.15. The summed E-state index contributed by atoms with van der Waals surface area (Å²) < 4.78 is 11.4. The zero-order valence-electron chi connectivity index (χ0n) is 8.74. The number of nitrogens with zero attached hydrogens (tertiary/aromatic N) is 2. The molecular weight excluding hydrogens is 262 g/mol. The van der Waals surface area contributed by atoms with E-state index in [-0.39, 0.29) is 12.1 Å². The van der Waals surface area contributed by atoms with Gasteiger partial charge >= 0.3 is 0 Å². The van der Waals surface area contributed by atoms with Gasteiger partial charge in [0.15, 0.2) is 0 Å². The number of anilines is 1. The van der Waals surface area contributed by atoms with Gasteiger partial charge in [0.25, 0.3) is 0 Å². The van der Waals surface area contributed by atoms with E-state index in [1.165, 1.54) is 0 Å². The van der Waals surface area contributed by atoms with E-state index >= 15 is 0 Å². The summed E-state index contributed by atoms with van der Waals surface area (Å²) in [5.74, 6) is 0.632. The summed E-state index contributed by atoms with van der Waals surface area (Å²) in [7, 11) is 0. The summed E-state index contributed by atoms with van der Waals surface area (Å²) in [5.41, 5.74) is 5.43. The predicted molar refractivity (Wildman–Crippen MR) is 60.7 cm³/mol. The SMILES string of the molecule is CC(C)OCCOc1nc(N)ncc1Br. The van der Waals surface area contributed by atoms with Crippen molar-refractivity contribution in [2.24, 2.45) is 0 Å². The highest BCUT2D eigenvalue weighted by molar-refractivity contribution is 9.10. The molecule has 0 aliphatic carbocycles. The molecule has 0 fully saturated rings. The van der Waals surface area contributed by atoms with Crippen LogP contribution >= 0.6 is 15.9 Å². The van der Waals surface area contributed by atoms with Crippen molar-refractivity contribution < 1.29 is 9.47 Å². The molecule has 0 aromatic carbocycles. The Morgan fingerprint density at radius 1 is 1.47 bits per heavy atom. The number of halogens is 1. The van der Waals surface area contributed by atoms with E-state index in [0.717, 1.165) is 0 Å². The third-order valence-electron chi connectivity index (χ3n) is 1.50. The quantitative estimate of drug-likeness (QED) is 0.827. The van der Waals surface area contributed by atoms with Crippen LogP contribution in [0.4, 0.5) is 5.95 Å². The Morgan fingerprint density at radius 3 is 2.87 bits per heavy atom. The lowest BCUT2D eigenvalue weighted by Gasteiger charge is -2.09. The molecule has 84 valence electrons. The van der Waals surface area contributed by atoms with Crippen molar-refractivity contribution in [3.05, 3.63) is 10.7 Å². The Hall–Kier alpha value is -0.880. The first kappa shape index (κ1) is 12.2. The van der Waals surface area contributed by atoms with Crippen LogP contribution in [0, 0.1) is 0 Å². The maximum Gasteiger partial charge on any atom is 0.232 e. The molecule has 0 radical (unpaired) electrons. The van der Waals surface area contributed by atoms with Gasteiger partial charge in [-0.05, 0) is 29.8 Å². The van der Waals surface area contributed by atoms with E-state index in [2.05, 4.69) is 25.9 Å². The highest BCUT2D eigenvalue weighted by Gasteiger charge is 2.04. The molecule has 0 amide bonds. The number of ether oxygens (including phenoxy) is 2. The van der Waals surface area contributed by atoms with Gasteiger partial charge in [0.2, 0.25) is 11.8 Å². The number of nitrogen functional groups attached to an aromatic ring is 1. The van der Waals surface area contributed by atoms with Crippen molar-refractivity contribution >= 4 is 21.9 Å². The van der Waals surface area contributed by atoms with Gasteiger partial charge < -0.3 is 15.2 Å². The molecule has 0 bridgehead atoms. The number of aromatic nitrogens is 2. The van der Waals surface area contributed by atoms with Crippen LogP contribution in [0.25, 0.3) is 0 Å². The first-order valence-corrected chi connectivity index (χ1v) is 5.41. The average Bonchev–Trinajstić information content (AvgIpc) is 2.17. The number of nitrogens with two attached hydrogens (primary N) is 1. The van der Waals surface area contributed by atoms with Crippen LogP contribution in [0.2, 0.25) is 0 Å². The summed E-state index contributed by atoms with van der Waals surface area (Å²) in [5, 5.41) is 0. The topological polar surface area (TPSA) is 70.3 Å². The smallest absolute Gasteiger partial charge is 0.232 e. The highest BCUT2D eigenvalue weighted by atomic mass is 79.9. The molecule has 0 aliphatic heterocycles. The minimum Gasteiger partial charge on any atom is -0.474 e. The lowest BCUT2D eigenvalue weighted by atomic mass is 10.5. The normalized spacial score (nSPS) is 10.7. The number of hydrogen-bond acceptors (Lipinski definition) is 5. The van der Waals surface area contributed by atoms with Crippen LogP contribution in [0.1, 0.15) is 13.8 Å². The summed E-state index contributed by atoms with van der Waals surface area (Å²) >= 11 is 3.27. The summed E-state index contributed by atoms with van der Waals surface area (Å²) in [6.07, 6.45) is 1.76. The van der Waals surface area contributed by atoms with Crippen molar-refractivity contribution in [2.45, 2.75) is 20.0 Å². The van der Waals surface area contributed by atoms with Crippen LogP contribution in [0.3, 0.4) is 0 Å². The van der Waals surface area contributed by atoms with Crippen LogP contribution in [-0.2, 0) is 4.74 Å². The molecule has 1 aromatic rings. The van der Waals surface area contributed by atoms with Gasteiger partial charge in [-0.3, -0.25) is 0 Å². The zero-order chi connectivity index (χ0) is 11.3. The fraction of sp³-hybridized carbons (Fsp3) is 0.556. The van der Waals surface area contributed by atoms with E-state index in [0.29, 0.717) is 23.6 Å². The van der Waals surface area contributed by atoms with Gasteiger partial charge in [-0.25, -0.2) is 4.98 Å². The second-order valence-corrected chi connectivity index (χ2v) is 4.00. The van der Waals surface area contributed by atoms with Crippen molar-refractivity contribution in [3.8, 4) is 5.88 Å². The third-order valence-corrected chi connectivity index (χ3v) is 2.05. The van der Waals surface area contributed by atoms with E-state index in [9.17, 15) is 0 Å². The second kappa shape index (κ2) is 5.87. The van der Waals surface area contributed by atoms with E-state index < -0.39 is 0 Å². The molecule has 15 heavy (non-hydrogen) atoms. The molecule has 0 unspecified atom stereocenters. The molecule has 2 N–H and O–H groups in total. The molecule has 0 spiro atoms. The van der Waals surface area contributed by atoms with Crippen LogP contribution in [0.5, 0.6) is 5.88 Å².